The van der Waals surface area contributed by atoms with Gasteiger partial charge >= 0.3 is 5.97 Å². The number of rotatable bonds is 3. The summed E-state index contributed by atoms with van der Waals surface area (Å²) in [5.41, 5.74) is 0.0428. The Morgan fingerprint density at radius 2 is 2.11 bits per heavy atom. The SMILES string of the molecule is O=C(O)c1ccsc1C(O)c1cc(Br)ccc1F. The van der Waals surface area contributed by atoms with Crippen LogP contribution in [-0.2, 0) is 0 Å². The van der Waals surface area contributed by atoms with Crippen LogP contribution in [0.4, 0.5) is 4.39 Å². The van der Waals surface area contributed by atoms with Gasteiger partial charge in [0.2, 0.25) is 0 Å². The molecule has 94 valence electrons. The third-order valence-electron chi connectivity index (χ3n) is 2.43. The molecule has 0 saturated heterocycles. The average Bonchev–Trinajstić information content (AvgIpc) is 2.80. The molecule has 1 unspecified atom stereocenters. The Morgan fingerprint density at radius 3 is 2.78 bits per heavy atom. The molecule has 0 bridgehead atoms. The van der Waals surface area contributed by atoms with Crippen LogP contribution in [0.5, 0.6) is 0 Å². The summed E-state index contributed by atoms with van der Waals surface area (Å²) in [6, 6.07) is 5.56. The molecule has 0 radical (unpaired) electrons. The van der Waals surface area contributed by atoms with Gasteiger partial charge in [0, 0.05) is 10.0 Å². The van der Waals surface area contributed by atoms with E-state index in [2.05, 4.69) is 15.9 Å². The van der Waals surface area contributed by atoms with Crippen molar-refractivity contribution in [2.24, 2.45) is 0 Å². The fourth-order valence-electron chi connectivity index (χ4n) is 1.57. The molecule has 1 aromatic heterocycles. The highest BCUT2D eigenvalue weighted by Crippen LogP contribution is 2.32. The van der Waals surface area contributed by atoms with Gasteiger partial charge in [0.05, 0.1) is 10.4 Å². The number of carboxylic acids is 1. The molecule has 1 aromatic carbocycles. The number of aliphatic hydroxyl groups is 1. The molecule has 6 heteroatoms. The van der Waals surface area contributed by atoms with Crippen molar-refractivity contribution in [1.29, 1.82) is 0 Å². The predicted molar refractivity (Wildman–Crippen MR) is 69.4 cm³/mol. The van der Waals surface area contributed by atoms with Crippen LogP contribution in [0.25, 0.3) is 0 Å². The highest BCUT2D eigenvalue weighted by atomic mass is 79.9. The second-order valence-electron chi connectivity index (χ2n) is 3.57. The van der Waals surface area contributed by atoms with Crippen molar-refractivity contribution >= 4 is 33.2 Å². The van der Waals surface area contributed by atoms with E-state index in [1.54, 1.807) is 5.38 Å². The highest BCUT2D eigenvalue weighted by molar-refractivity contribution is 9.10. The maximum Gasteiger partial charge on any atom is 0.336 e. The van der Waals surface area contributed by atoms with Crippen molar-refractivity contribution in [2.45, 2.75) is 6.10 Å². The van der Waals surface area contributed by atoms with Crippen molar-refractivity contribution in [3.63, 3.8) is 0 Å². The first-order valence-electron chi connectivity index (χ1n) is 4.94. The summed E-state index contributed by atoms with van der Waals surface area (Å²) in [6.45, 7) is 0. The van der Waals surface area contributed by atoms with Crippen LogP contribution >= 0.6 is 27.3 Å². The minimum Gasteiger partial charge on any atom is -0.478 e. The first-order valence-corrected chi connectivity index (χ1v) is 6.61. The smallest absolute Gasteiger partial charge is 0.336 e. The fraction of sp³-hybridized carbons (Fsp3) is 0.0833. The molecular formula is C12H8BrFO3S. The van der Waals surface area contributed by atoms with E-state index in [-0.39, 0.29) is 16.0 Å². The molecule has 2 rings (SSSR count). The number of hydrogen-bond donors (Lipinski definition) is 2. The van der Waals surface area contributed by atoms with Crippen LogP contribution in [0.1, 0.15) is 26.9 Å². The van der Waals surface area contributed by atoms with Gasteiger partial charge in [0.25, 0.3) is 0 Å². The van der Waals surface area contributed by atoms with Gasteiger partial charge in [-0.15, -0.1) is 11.3 Å². The molecule has 1 heterocycles. The number of hydrogen-bond acceptors (Lipinski definition) is 3. The summed E-state index contributed by atoms with van der Waals surface area (Å²) in [6.07, 6.45) is -1.28. The number of carbonyl (C=O) groups is 1. The lowest BCUT2D eigenvalue weighted by Crippen LogP contribution is -2.06. The minimum absolute atomic E-state index is 0.00752. The molecule has 0 aliphatic rings. The Morgan fingerprint density at radius 1 is 1.39 bits per heavy atom. The molecule has 0 aliphatic heterocycles. The third kappa shape index (κ3) is 2.45. The zero-order chi connectivity index (χ0) is 13.3. The van der Waals surface area contributed by atoms with Gasteiger partial charge in [0.15, 0.2) is 0 Å². The van der Waals surface area contributed by atoms with Crippen LogP contribution in [0.15, 0.2) is 34.1 Å². The van der Waals surface area contributed by atoms with Crippen molar-refractivity contribution in [2.75, 3.05) is 0 Å². The van der Waals surface area contributed by atoms with Crippen LogP contribution in [0, 0.1) is 5.82 Å². The molecule has 1 atom stereocenters. The second kappa shape index (κ2) is 5.17. The Bertz CT molecular complexity index is 597. The third-order valence-corrected chi connectivity index (χ3v) is 3.89. The van der Waals surface area contributed by atoms with E-state index in [4.69, 9.17) is 5.11 Å². The number of halogens is 2. The highest BCUT2D eigenvalue weighted by Gasteiger charge is 2.22. The van der Waals surface area contributed by atoms with Crippen molar-refractivity contribution < 1.29 is 19.4 Å². The topological polar surface area (TPSA) is 57.5 Å². The number of benzene rings is 1. The van der Waals surface area contributed by atoms with Gasteiger partial charge in [-0.3, -0.25) is 0 Å². The number of aliphatic hydroxyl groups excluding tert-OH is 1. The Hall–Kier alpha value is -1.24. The number of thiophene rings is 1. The zero-order valence-corrected chi connectivity index (χ0v) is 11.3. The number of aromatic carboxylic acids is 1. The van der Waals surface area contributed by atoms with Gasteiger partial charge in [0.1, 0.15) is 11.9 Å². The monoisotopic (exact) mass is 330 g/mol. The van der Waals surface area contributed by atoms with Crippen LogP contribution in [0.3, 0.4) is 0 Å². The summed E-state index contributed by atoms with van der Waals surface area (Å²) < 4.78 is 14.2. The van der Waals surface area contributed by atoms with Crippen molar-refractivity contribution in [3.05, 3.63) is 55.9 Å². The molecule has 0 amide bonds. The van der Waals surface area contributed by atoms with Gasteiger partial charge in [-0.25, -0.2) is 9.18 Å². The lowest BCUT2D eigenvalue weighted by atomic mass is 10.0. The molecule has 18 heavy (non-hydrogen) atoms. The summed E-state index contributed by atoms with van der Waals surface area (Å²) >= 11 is 4.27. The molecule has 2 aromatic rings. The summed E-state index contributed by atoms with van der Waals surface area (Å²) in [4.78, 5) is 11.2. The molecule has 3 nitrogen and oxygen atoms in total. The Kier molecular flexibility index (Phi) is 3.79. The Labute approximate surface area is 115 Å². The van der Waals surface area contributed by atoms with E-state index in [0.717, 1.165) is 11.3 Å². The normalized spacial score (nSPS) is 12.4. The van der Waals surface area contributed by atoms with Crippen molar-refractivity contribution in [1.82, 2.24) is 0 Å². The molecule has 0 saturated carbocycles. The molecule has 0 spiro atoms. The first kappa shape index (κ1) is 13.2. The van der Waals surface area contributed by atoms with Gasteiger partial charge in [-0.2, -0.15) is 0 Å². The molecule has 0 aliphatic carbocycles. The Balaban J connectivity index is 2.47. The minimum atomic E-state index is -1.28. The van der Waals surface area contributed by atoms with E-state index in [0.29, 0.717) is 4.47 Å². The molecule has 2 N–H and O–H groups in total. The van der Waals surface area contributed by atoms with Gasteiger partial charge in [-0.1, -0.05) is 15.9 Å². The lowest BCUT2D eigenvalue weighted by molar-refractivity contribution is 0.0692. The van der Waals surface area contributed by atoms with Gasteiger partial charge < -0.3 is 10.2 Å². The van der Waals surface area contributed by atoms with Crippen LogP contribution < -0.4 is 0 Å². The summed E-state index contributed by atoms with van der Waals surface area (Å²) in [7, 11) is 0. The largest absolute Gasteiger partial charge is 0.478 e. The molecule has 0 fully saturated rings. The van der Waals surface area contributed by atoms with E-state index in [1.807, 2.05) is 0 Å². The van der Waals surface area contributed by atoms with Crippen molar-refractivity contribution in [3.8, 4) is 0 Å². The molecular weight excluding hydrogens is 323 g/mol. The predicted octanol–water partition coefficient (Wildman–Crippen LogP) is 3.43. The fourth-order valence-corrected chi connectivity index (χ4v) is 2.84. The van der Waals surface area contributed by atoms with Crippen LogP contribution in [0.2, 0.25) is 0 Å². The standard InChI is InChI=1S/C12H8BrFO3S/c13-6-1-2-9(14)8(5-6)10(15)11-7(12(16)17)3-4-18-11/h1-5,10,15H,(H,16,17). The quantitative estimate of drug-likeness (QED) is 0.906. The van der Waals surface area contributed by atoms with E-state index >= 15 is 0 Å². The maximum atomic E-state index is 13.6. The maximum absolute atomic E-state index is 13.6. The first-order chi connectivity index (χ1) is 8.50. The number of carboxylic acid groups (broad SMARTS) is 1. The van der Waals surface area contributed by atoms with E-state index < -0.39 is 17.9 Å². The second-order valence-corrected chi connectivity index (χ2v) is 5.44. The van der Waals surface area contributed by atoms with Crippen LogP contribution in [-0.4, -0.2) is 16.2 Å². The average molecular weight is 331 g/mol. The van der Waals surface area contributed by atoms with E-state index in [1.165, 1.54) is 24.3 Å². The van der Waals surface area contributed by atoms with E-state index in [9.17, 15) is 14.3 Å². The summed E-state index contributed by atoms with van der Waals surface area (Å²) in [5, 5.41) is 20.6. The summed E-state index contributed by atoms with van der Waals surface area (Å²) in [5.74, 6) is -1.71. The van der Waals surface area contributed by atoms with Gasteiger partial charge in [-0.05, 0) is 29.6 Å². The zero-order valence-electron chi connectivity index (χ0n) is 8.93. The lowest BCUT2D eigenvalue weighted by Gasteiger charge is -2.12.